The fraction of sp³-hybridized carbons (Fsp3) is 0.300. The van der Waals surface area contributed by atoms with Crippen molar-refractivity contribution < 1.29 is 31.5 Å². The number of carboxylic acids is 1. The molecule has 0 saturated carbocycles. The van der Waals surface area contributed by atoms with Gasteiger partial charge in [0.05, 0.1) is 11.3 Å². The minimum Gasteiger partial charge on any atom is -0.480 e. The molecule has 0 aliphatic carbocycles. The molecule has 1 atom stereocenters. The first-order valence-corrected chi connectivity index (χ1v) is 6.71. The van der Waals surface area contributed by atoms with Crippen LogP contribution in [0.2, 0.25) is 0 Å². The molecule has 0 aromatic heterocycles. The summed E-state index contributed by atoms with van der Waals surface area (Å²) in [6.45, 7) is 0.842. The fourth-order valence-corrected chi connectivity index (χ4v) is 2.19. The fourth-order valence-electron chi connectivity index (χ4n) is 1.26. The zero-order valence-corrected chi connectivity index (χ0v) is 10.9. The van der Waals surface area contributed by atoms with E-state index in [-0.39, 0.29) is 5.69 Å². The van der Waals surface area contributed by atoms with Crippen molar-refractivity contribution >= 4 is 27.4 Å². The van der Waals surface area contributed by atoms with Gasteiger partial charge in [-0.25, -0.2) is 8.42 Å². The number of aliphatic carboxylic acids is 1. The summed E-state index contributed by atoms with van der Waals surface area (Å²) in [5, 5.41) is 6.71. The summed E-state index contributed by atoms with van der Waals surface area (Å²) in [6.07, 6.45) is -4.83. The SMILES string of the molecule is CC(C(=O)O)S(=O)(=O)Nc1ccc(N)cc1C(F)(F)F. The Hall–Kier alpha value is -1.97. The van der Waals surface area contributed by atoms with E-state index in [0.29, 0.717) is 6.07 Å². The Morgan fingerprint density at radius 2 is 1.95 bits per heavy atom. The van der Waals surface area contributed by atoms with E-state index in [9.17, 15) is 26.4 Å². The predicted molar refractivity (Wildman–Crippen MR) is 65.5 cm³/mol. The Bertz CT molecular complexity index is 628. The quantitative estimate of drug-likeness (QED) is 0.730. The van der Waals surface area contributed by atoms with Gasteiger partial charge in [-0.2, -0.15) is 13.2 Å². The molecule has 1 unspecified atom stereocenters. The summed E-state index contributed by atoms with van der Waals surface area (Å²) in [5.41, 5.74) is 2.95. The number of nitrogens with one attached hydrogen (secondary N) is 1. The Morgan fingerprint density at radius 3 is 2.40 bits per heavy atom. The van der Waals surface area contributed by atoms with E-state index < -0.39 is 38.7 Å². The molecule has 0 spiro atoms. The van der Waals surface area contributed by atoms with Gasteiger partial charge in [-0.15, -0.1) is 0 Å². The first-order valence-electron chi connectivity index (χ1n) is 5.16. The molecule has 0 heterocycles. The summed E-state index contributed by atoms with van der Waals surface area (Å²) in [4.78, 5) is 10.6. The van der Waals surface area contributed by atoms with Crippen LogP contribution in [0.1, 0.15) is 12.5 Å². The molecule has 4 N–H and O–H groups in total. The first kappa shape index (κ1) is 16.1. The summed E-state index contributed by atoms with van der Waals surface area (Å²) in [6, 6.07) is 2.45. The normalized spacial score (nSPS) is 13.8. The molecule has 10 heteroatoms. The average Bonchev–Trinajstić information content (AvgIpc) is 2.28. The van der Waals surface area contributed by atoms with Crippen LogP contribution in [0, 0.1) is 0 Å². The van der Waals surface area contributed by atoms with Gasteiger partial charge in [-0.1, -0.05) is 0 Å². The number of carbonyl (C=O) groups is 1. The number of nitrogen functional groups attached to an aromatic ring is 1. The first-order chi connectivity index (χ1) is 8.95. The van der Waals surface area contributed by atoms with Crippen molar-refractivity contribution in [3.05, 3.63) is 23.8 Å². The molecular weight excluding hydrogens is 301 g/mol. The van der Waals surface area contributed by atoms with Gasteiger partial charge in [0.1, 0.15) is 0 Å². The number of halogens is 3. The minimum atomic E-state index is -4.83. The maximum atomic E-state index is 12.8. The molecule has 0 bridgehead atoms. The molecule has 20 heavy (non-hydrogen) atoms. The van der Waals surface area contributed by atoms with E-state index in [1.54, 1.807) is 4.72 Å². The third kappa shape index (κ3) is 3.53. The molecule has 0 aliphatic rings. The second kappa shape index (κ2) is 5.19. The Labute approximate surface area is 112 Å². The summed E-state index contributed by atoms with van der Waals surface area (Å²) < 4.78 is 63.1. The highest BCUT2D eigenvalue weighted by molar-refractivity contribution is 7.94. The Kier molecular flexibility index (Phi) is 4.18. The van der Waals surface area contributed by atoms with Crippen molar-refractivity contribution in [3.63, 3.8) is 0 Å². The van der Waals surface area contributed by atoms with Gasteiger partial charge < -0.3 is 10.8 Å². The van der Waals surface area contributed by atoms with E-state index in [1.807, 2.05) is 0 Å². The summed E-state index contributed by atoms with van der Waals surface area (Å²) in [7, 11) is -4.50. The maximum absolute atomic E-state index is 12.8. The second-order valence-corrected chi connectivity index (χ2v) is 5.93. The van der Waals surface area contributed by atoms with Crippen LogP contribution in [0.5, 0.6) is 0 Å². The minimum absolute atomic E-state index is 0.202. The standard InChI is InChI=1S/C10H11F3N2O4S/c1-5(9(16)17)20(18,19)15-8-3-2-6(14)4-7(8)10(11,12)13/h2-5,15H,14H2,1H3,(H,16,17). The number of alkyl halides is 3. The van der Waals surface area contributed by atoms with E-state index in [2.05, 4.69) is 0 Å². The van der Waals surface area contributed by atoms with Gasteiger partial charge in [0.2, 0.25) is 10.0 Å². The third-order valence-electron chi connectivity index (χ3n) is 2.41. The molecule has 0 saturated heterocycles. The number of carboxylic acid groups (broad SMARTS) is 1. The number of anilines is 2. The Balaban J connectivity index is 3.26. The van der Waals surface area contributed by atoms with Crippen LogP contribution in [0.15, 0.2) is 18.2 Å². The molecule has 6 nitrogen and oxygen atoms in total. The molecule has 0 aliphatic heterocycles. The van der Waals surface area contributed by atoms with Crippen molar-refractivity contribution in [1.82, 2.24) is 0 Å². The molecular formula is C10H11F3N2O4S. The third-order valence-corrected chi connectivity index (χ3v) is 4.05. The highest BCUT2D eigenvalue weighted by atomic mass is 32.2. The van der Waals surface area contributed by atoms with Crippen LogP contribution in [0.3, 0.4) is 0 Å². The molecule has 1 rings (SSSR count). The van der Waals surface area contributed by atoms with E-state index in [4.69, 9.17) is 10.8 Å². The van der Waals surface area contributed by atoms with E-state index in [0.717, 1.165) is 19.1 Å². The van der Waals surface area contributed by atoms with Crippen LogP contribution in [-0.4, -0.2) is 24.7 Å². The molecule has 112 valence electrons. The topological polar surface area (TPSA) is 109 Å². The lowest BCUT2D eigenvalue weighted by atomic mass is 10.1. The Morgan fingerprint density at radius 1 is 1.40 bits per heavy atom. The molecule has 0 fully saturated rings. The largest absolute Gasteiger partial charge is 0.480 e. The van der Waals surface area contributed by atoms with E-state index in [1.165, 1.54) is 0 Å². The predicted octanol–water partition coefficient (Wildman–Crippen LogP) is 1.50. The maximum Gasteiger partial charge on any atom is 0.418 e. The van der Waals surface area contributed by atoms with Gasteiger partial charge in [0.15, 0.2) is 5.25 Å². The molecule has 0 radical (unpaired) electrons. The molecule has 1 aromatic carbocycles. The lowest BCUT2D eigenvalue weighted by Gasteiger charge is -2.16. The van der Waals surface area contributed by atoms with Crippen molar-refractivity contribution in [3.8, 4) is 0 Å². The molecule has 0 amide bonds. The highest BCUT2D eigenvalue weighted by Crippen LogP contribution is 2.36. The average molecular weight is 312 g/mol. The van der Waals surface area contributed by atoms with Crippen molar-refractivity contribution in [2.75, 3.05) is 10.5 Å². The lowest BCUT2D eigenvalue weighted by Crippen LogP contribution is -2.32. The van der Waals surface area contributed by atoms with Crippen molar-refractivity contribution in [2.24, 2.45) is 0 Å². The van der Waals surface area contributed by atoms with Crippen LogP contribution < -0.4 is 10.5 Å². The summed E-state index contributed by atoms with van der Waals surface area (Å²) in [5.74, 6) is -1.68. The van der Waals surface area contributed by atoms with Gasteiger partial charge in [-0.3, -0.25) is 9.52 Å². The van der Waals surface area contributed by atoms with Crippen LogP contribution in [0.25, 0.3) is 0 Å². The van der Waals surface area contributed by atoms with Crippen LogP contribution in [-0.2, 0) is 21.0 Å². The zero-order valence-electron chi connectivity index (χ0n) is 10.1. The van der Waals surface area contributed by atoms with Crippen molar-refractivity contribution in [1.29, 1.82) is 0 Å². The number of hydrogen-bond donors (Lipinski definition) is 3. The van der Waals surface area contributed by atoms with Gasteiger partial charge in [0, 0.05) is 5.69 Å². The van der Waals surface area contributed by atoms with E-state index >= 15 is 0 Å². The van der Waals surface area contributed by atoms with Crippen molar-refractivity contribution in [2.45, 2.75) is 18.3 Å². The second-order valence-electron chi connectivity index (χ2n) is 3.93. The van der Waals surface area contributed by atoms with Gasteiger partial charge in [0.25, 0.3) is 0 Å². The zero-order chi connectivity index (χ0) is 15.7. The lowest BCUT2D eigenvalue weighted by molar-refractivity contribution is -0.137. The number of rotatable bonds is 4. The summed E-state index contributed by atoms with van der Waals surface area (Å²) >= 11 is 0. The smallest absolute Gasteiger partial charge is 0.418 e. The highest BCUT2D eigenvalue weighted by Gasteiger charge is 2.36. The number of hydrogen-bond acceptors (Lipinski definition) is 4. The number of benzene rings is 1. The number of sulfonamides is 1. The van der Waals surface area contributed by atoms with Gasteiger partial charge >= 0.3 is 12.1 Å². The number of nitrogens with two attached hydrogens (primary N) is 1. The molecule has 1 aromatic rings. The monoisotopic (exact) mass is 312 g/mol. The van der Waals surface area contributed by atoms with Crippen LogP contribution >= 0.6 is 0 Å². The van der Waals surface area contributed by atoms with Gasteiger partial charge in [-0.05, 0) is 25.1 Å². The van der Waals surface area contributed by atoms with Crippen LogP contribution in [0.4, 0.5) is 24.5 Å².